The molecule has 10 heteroatoms. The Balaban J connectivity index is 1.92. The van der Waals surface area contributed by atoms with E-state index in [1.807, 2.05) is 25.3 Å². The third-order valence-electron chi connectivity index (χ3n) is 6.92. The Morgan fingerprint density at radius 1 is 1.32 bits per heavy atom. The number of carbonyl (C=O) groups excluding carboxylic acids is 2. The molecule has 1 aliphatic heterocycles. The van der Waals surface area contributed by atoms with Gasteiger partial charge < -0.3 is 19.9 Å². The number of aromatic nitrogens is 3. The van der Waals surface area contributed by atoms with Crippen LogP contribution in [-0.4, -0.2) is 44.5 Å². The van der Waals surface area contributed by atoms with Crippen molar-refractivity contribution < 1.29 is 18.8 Å². The van der Waals surface area contributed by atoms with Crippen LogP contribution in [0.2, 0.25) is 0 Å². The number of hydrogen-bond acceptors (Lipinski definition) is 8. The Hall–Kier alpha value is -3.27. The predicted octanol–water partition coefficient (Wildman–Crippen LogP) is 4.78. The second kappa shape index (κ2) is 9.89. The molecule has 3 aromatic rings. The van der Waals surface area contributed by atoms with Gasteiger partial charge in [-0.3, -0.25) is 9.59 Å². The van der Waals surface area contributed by atoms with E-state index in [2.05, 4.69) is 35.9 Å². The van der Waals surface area contributed by atoms with Gasteiger partial charge in [0.2, 0.25) is 11.8 Å². The van der Waals surface area contributed by atoms with Crippen molar-refractivity contribution in [2.75, 3.05) is 7.11 Å². The number of nitrogens with zero attached hydrogens (tertiary/aromatic N) is 4. The fourth-order valence-corrected chi connectivity index (χ4v) is 6.24. The van der Waals surface area contributed by atoms with Gasteiger partial charge in [0, 0.05) is 17.1 Å². The van der Waals surface area contributed by atoms with Crippen LogP contribution in [0.15, 0.2) is 34.3 Å². The zero-order valence-corrected chi connectivity index (χ0v) is 23.3. The summed E-state index contributed by atoms with van der Waals surface area (Å²) in [6, 6.07) is 4.84. The van der Waals surface area contributed by atoms with Crippen LogP contribution in [0.1, 0.15) is 92.1 Å². The molecule has 1 aromatic carbocycles. The van der Waals surface area contributed by atoms with E-state index in [0.29, 0.717) is 34.5 Å². The summed E-state index contributed by atoms with van der Waals surface area (Å²) in [6.45, 7) is 12.0. The molecule has 37 heavy (non-hydrogen) atoms. The lowest BCUT2D eigenvalue weighted by molar-refractivity contribution is -0.129. The first-order valence-corrected chi connectivity index (χ1v) is 13.3. The average molecular weight is 526 g/mol. The summed E-state index contributed by atoms with van der Waals surface area (Å²) in [7, 11) is 1.59. The zero-order valence-electron chi connectivity index (χ0n) is 22.4. The highest BCUT2D eigenvalue weighted by Gasteiger charge is 2.60. The summed E-state index contributed by atoms with van der Waals surface area (Å²) in [5, 5.41) is 6.50. The minimum atomic E-state index is -1.27. The minimum Gasteiger partial charge on any atom is -0.496 e. The van der Waals surface area contributed by atoms with Crippen LogP contribution in [0.3, 0.4) is 0 Å². The van der Waals surface area contributed by atoms with Crippen molar-refractivity contribution in [1.82, 2.24) is 20.0 Å². The van der Waals surface area contributed by atoms with Crippen LogP contribution in [0.25, 0.3) is 0 Å². The van der Waals surface area contributed by atoms with Crippen LogP contribution < -0.4 is 10.5 Å². The third kappa shape index (κ3) is 4.86. The Labute approximate surface area is 221 Å². The average Bonchev–Trinajstić information content (AvgIpc) is 3.56. The normalized spacial score (nSPS) is 22.0. The number of hydrogen-bond donors (Lipinski definition) is 1. The van der Waals surface area contributed by atoms with Crippen molar-refractivity contribution >= 4 is 23.2 Å². The molecule has 0 unspecified atom stereocenters. The number of carbonyl (C=O) groups is 2. The zero-order chi connectivity index (χ0) is 27.1. The van der Waals surface area contributed by atoms with Gasteiger partial charge in [-0.05, 0) is 48.8 Å². The highest BCUT2D eigenvalue weighted by molar-refractivity contribution is 7.09. The van der Waals surface area contributed by atoms with Gasteiger partial charge in [-0.15, -0.1) is 11.3 Å². The van der Waals surface area contributed by atoms with Gasteiger partial charge in [0.1, 0.15) is 16.3 Å². The lowest BCUT2D eigenvalue weighted by atomic mass is 9.82. The summed E-state index contributed by atoms with van der Waals surface area (Å²) < 4.78 is 11.3. The molecular weight excluding hydrogens is 490 g/mol. The number of aryl methyl sites for hydroxylation is 1. The number of methoxy groups -OCH3 is 1. The number of ether oxygens (including phenoxy) is 1. The van der Waals surface area contributed by atoms with Crippen LogP contribution in [0.4, 0.5) is 0 Å². The van der Waals surface area contributed by atoms with Crippen LogP contribution in [0, 0.1) is 12.8 Å². The van der Waals surface area contributed by atoms with E-state index < -0.39 is 23.4 Å². The van der Waals surface area contributed by atoms with Crippen LogP contribution in [0.5, 0.6) is 5.75 Å². The third-order valence-corrected chi connectivity index (χ3v) is 7.77. The van der Waals surface area contributed by atoms with E-state index in [-0.39, 0.29) is 23.7 Å². The minimum absolute atomic E-state index is 0.0840. The second-order valence-electron chi connectivity index (χ2n) is 11.1. The molecule has 9 nitrogen and oxygen atoms in total. The molecular formula is C27H35N5O4S. The molecule has 2 aromatic heterocycles. The van der Waals surface area contributed by atoms with E-state index in [1.165, 1.54) is 11.3 Å². The molecule has 4 rings (SSSR count). The fourth-order valence-electron chi connectivity index (χ4n) is 5.45. The van der Waals surface area contributed by atoms with Crippen LogP contribution >= 0.6 is 11.3 Å². The van der Waals surface area contributed by atoms with Gasteiger partial charge >= 0.3 is 0 Å². The van der Waals surface area contributed by atoms with Crippen LogP contribution in [-0.2, 0) is 10.2 Å². The van der Waals surface area contributed by atoms with E-state index in [9.17, 15) is 9.59 Å². The molecule has 0 radical (unpaired) electrons. The molecule has 3 heterocycles. The Kier molecular flexibility index (Phi) is 7.16. The first-order chi connectivity index (χ1) is 17.4. The van der Waals surface area contributed by atoms with Crippen molar-refractivity contribution in [1.29, 1.82) is 0 Å². The van der Waals surface area contributed by atoms with E-state index in [0.717, 1.165) is 5.56 Å². The summed E-state index contributed by atoms with van der Waals surface area (Å²) in [5.41, 5.74) is 6.07. The lowest BCUT2D eigenvalue weighted by Crippen LogP contribution is -2.57. The number of primary amides is 1. The first-order valence-electron chi connectivity index (χ1n) is 12.4. The standard InChI is InChI=1S/C27H35N5O4S/c1-15(2)13-27(25(28)34)14-18(22-30-16(3)31-36-22)21(23-29-10-11-37-23)32(27)24(33)17-8-9-19(26(4,5)6)20(12-17)35-7/h8-12,15,18,21H,13-14H2,1-7H3,(H2,28,34)/t18-,21-,27+/m1/s1. The summed E-state index contributed by atoms with van der Waals surface area (Å²) >= 11 is 1.41. The van der Waals surface area contributed by atoms with E-state index in [1.54, 1.807) is 37.3 Å². The number of nitrogens with two attached hydrogens (primary N) is 1. The fraction of sp³-hybridized carbons (Fsp3) is 0.519. The van der Waals surface area contributed by atoms with Gasteiger partial charge in [-0.2, -0.15) is 4.98 Å². The maximum absolute atomic E-state index is 14.4. The summed E-state index contributed by atoms with van der Waals surface area (Å²) in [5.74, 6) is 0.210. The van der Waals surface area contributed by atoms with E-state index >= 15 is 0 Å². The highest BCUT2D eigenvalue weighted by Crippen LogP contribution is 2.54. The predicted molar refractivity (Wildman–Crippen MR) is 140 cm³/mol. The lowest BCUT2D eigenvalue weighted by Gasteiger charge is -2.39. The molecule has 1 fully saturated rings. The van der Waals surface area contributed by atoms with Crippen molar-refractivity contribution in [2.45, 2.75) is 77.3 Å². The number of likely N-dealkylation sites (tertiary alicyclic amines) is 1. The monoisotopic (exact) mass is 525 g/mol. The Morgan fingerprint density at radius 3 is 2.57 bits per heavy atom. The van der Waals surface area contributed by atoms with Gasteiger partial charge in [-0.1, -0.05) is 45.8 Å². The quantitative estimate of drug-likeness (QED) is 0.470. The second-order valence-corrected chi connectivity index (χ2v) is 12.1. The molecule has 0 aliphatic carbocycles. The highest BCUT2D eigenvalue weighted by atomic mass is 32.1. The van der Waals surface area contributed by atoms with Crippen molar-refractivity contribution in [3.8, 4) is 5.75 Å². The number of amides is 2. The Morgan fingerprint density at radius 2 is 2.05 bits per heavy atom. The van der Waals surface area contributed by atoms with Crippen molar-refractivity contribution in [3.63, 3.8) is 0 Å². The molecule has 0 spiro atoms. The molecule has 2 amide bonds. The largest absolute Gasteiger partial charge is 0.496 e. The maximum Gasteiger partial charge on any atom is 0.255 e. The smallest absolute Gasteiger partial charge is 0.255 e. The first kappa shape index (κ1) is 26.8. The summed E-state index contributed by atoms with van der Waals surface area (Å²) in [4.78, 5) is 38.4. The number of rotatable bonds is 7. The van der Waals surface area contributed by atoms with Crippen molar-refractivity contribution in [2.24, 2.45) is 11.7 Å². The van der Waals surface area contributed by atoms with Crippen molar-refractivity contribution in [3.05, 3.63) is 57.6 Å². The Bertz CT molecular complexity index is 1280. The van der Waals surface area contributed by atoms with Gasteiger partial charge in [0.15, 0.2) is 5.82 Å². The molecule has 1 aliphatic rings. The molecule has 1 saturated heterocycles. The van der Waals surface area contributed by atoms with Gasteiger partial charge in [-0.25, -0.2) is 4.98 Å². The van der Waals surface area contributed by atoms with Gasteiger partial charge in [0.05, 0.1) is 19.1 Å². The number of thiazole rings is 1. The molecule has 0 bridgehead atoms. The SMILES string of the molecule is COc1cc(C(=O)N2[C@@H](c3nccs3)[C@H](c3nc(C)no3)C[C@@]2(CC(C)C)C(N)=O)ccc1C(C)(C)C. The molecule has 0 saturated carbocycles. The van der Waals surface area contributed by atoms with E-state index in [4.69, 9.17) is 15.0 Å². The topological polar surface area (TPSA) is 124 Å². The molecule has 2 N–H and O–H groups in total. The molecule has 198 valence electrons. The molecule has 3 atom stereocenters. The maximum atomic E-state index is 14.4. The summed E-state index contributed by atoms with van der Waals surface area (Å²) in [6.07, 6.45) is 2.33. The van der Waals surface area contributed by atoms with Gasteiger partial charge in [0.25, 0.3) is 5.91 Å². The number of benzene rings is 1.